The van der Waals surface area contributed by atoms with Gasteiger partial charge in [-0.1, -0.05) is 12.2 Å². The van der Waals surface area contributed by atoms with Crippen LogP contribution in [0, 0.1) is 0 Å². The third kappa shape index (κ3) is 2.40. The third-order valence-corrected chi connectivity index (χ3v) is 2.55. The number of nitrogens with zero attached hydrogens (tertiary/aromatic N) is 1. The van der Waals surface area contributed by atoms with E-state index in [0.29, 0.717) is 11.0 Å². The predicted molar refractivity (Wildman–Crippen MR) is 53.3 cm³/mol. The Bertz CT molecular complexity index is 163. The van der Waals surface area contributed by atoms with E-state index in [1.165, 1.54) is 6.42 Å². The lowest BCUT2D eigenvalue weighted by molar-refractivity contribution is 0.153. The highest BCUT2D eigenvalue weighted by Gasteiger charge is 2.25. The highest BCUT2D eigenvalue weighted by atomic mass is 32.1. The highest BCUT2D eigenvalue weighted by Crippen LogP contribution is 2.16. The molecule has 3 nitrogen and oxygen atoms in total. The normalized spacial score (nSPS) is 24.6. The SMILES string of the molecule is COCCN1CCCC1C(N)=S. The zero-order valence-corrected chi connectivity index (χ0v) is 8.27. The first-order valence-electron chi connectivity index (χ1n) is 4.28. The molecular formula is C8H16N2OS. The number of thiocarbonyl (C=S) groups is 1. The van der Waals surface area contributed by atoms with Crippen molar-refractivity contribution in [2.45, 2.75) is 18.9 Å². The third-order valence-electron chi connectivity index (χ3n) is 2.27. The summed E-state index contributed by atoms with van der Waals surface area (Å²) >= 11 is 4.98. The van der Waals surface area contributed by atoms with Crippen LogP contribution in [0.1, 0.15) is 12.8 Å². The largest absolute Gasteiger partial charge is 0.392 e. The molecule has 0 spiro atoms. The Hall–Kier alpha value is -0.190. The summed E-state index contributed by atoms with van der Waals surface area (Å²) in [5.41, 5.74) is 5.61. The quantitative estimate of drug-likeness (QED) is 0.648. The van der Waals surface area contributed by atoms with Gasteiger partial charge in [0.1, 0.15) is 0 Å². The molecule has 1 rings (SSSR count). The molecule has 0 aromatic carbocycles. The van der Waals surface area contributed by atoms with Crippen molar-refractivity contribution in [2.24, 2.45) is 5.73 Å². The van der Waals surface area contributed by atoms with Gasteiger partial charge >= 0.3 is 0 Å². The van der Waals surface area contributed by atoms with Gasteiger partial charge in [0.15, 0.2) is 0 Å². The Morgan fingerprint density at radius 1 is 1.75 bits per heavy atom. The fourth-order valence-electron chi connectivity index (χ4n) is 1.62. The van der Waals surface area contributed by atoms with Crippen LogP contribution in [0.3, 0.4) is 0 Å². The predicted octanol–water partition coefficient (Wildman–Crippen LogP) is 0.383. The highest BCUT2D eigenvalue weighted by molar-refractivity contribution is 7.80. The molecule has 12 heavy (non-hydrogen) atoms. The first-order chi connectivity index (χ1) is 5.75. The minimum atomic E-state index is 0.315. The molecule has 1 aliphatic rings. The lowest BCUT2D eigenvalue weighted by Gasteiger charge is -2.22. The van der Waals surface area contributed by atoms with Crippen LogP contribution in [0.2, 0.25) is 0 Å². The molecule has 0 aromatic rings. The van der Waals surface area contributed by atoms with Crippen LogP contribution >= 0.6 is 12.2 Å². The monoisotopic (exact) mass is 188 g/mol. The van der Waals surface area contributed by atoms with E-state index in [9.17, 15) is 0 Å². The van der Waals surface area contributed by atoms with E-state index >= 15 is 0 Å². The van der Waals surface area contributed by atoms with Crippen molar-refractivity contribution < 1.29 is 4.74 Å². The van der Waals surface area contributed by atoms with Gasteiger partial charge in [-0.05, 0) is 19.4 Å². The second-order valence-electron chi connectivity index (χ2n) is 3.09. The second kappa shape index (κ2) is 4.74. The average Bonchev–Trinajstić information content (AvgIpc) is 2.48. The molecule has 2 N–H and O–H groups in total. The topological polar surface area (TPSA) is 38.5 Å². The number of rotatable bonds is 4. The maximum Gasteiger partial charge on any atom is 0.0902 e. The Kier molecular flexibility index (Phi) is 3.91. The summed E-state index contributed by atoms with van der Waals surface area (Å²) in [5, 5.41) is 0. The minimum absolute atomic E-state index is 0.315. The number of methoxy groups -OCH3 is 1. The molecule has 0 amide bonds. The van der Waals surface area contributed by atoms with Gasteiger partial charge in [0.2, 0.25) is 0 Å². The summed E-state index contributed by atoms with van der Waals surface area (Å²) in [7, 11) is 1.71. The van der Waals surface area contributed by atoms with E-state index in [-0.39, 0.29) is 0 Å². The number of ether oxygens (including phenoxy) is 1. The first-order valence-corrected chi connectivity index (χ1v) is 4.69. The van der Waals surface area contributed by atoms with Crippen molar-refractivity contribution in [3.63, 3.8) is 0 Å². The summed E-state index contributed by atoms with van der Waals surface area (Å²) < 4.78 is 5.01. The van der Waals surface area contributed by atoms with Gasteiger partial charge in [0, 0.05) is 13.7 Å². The standard InChI is InChI=1S/C8H16N2OS/c1-11-6-5-10-4-2-3-7(10)8(9)12/h7H,2-6H2,1H3,(H2,9,12). The van der Waals surface area contributed by atoms with Crippen LogP contribution < -0.4 is 5.73 Å². The number of hydrogen-bond acceptors (Lipinski definition) is 3. The van der Waals surface area contributed by atoms with Gasteiger partial charge in [-0.15, -0.1) is 0 Å². The number of likely N-dealkylation sites (tertiary alicyclic amines) is 1. The Morgan fingerprint density at radius 2 is 2.50 bits per heavy atom. The first kappa shape index (κ1) is 9.89. The molecule has 1 aliphatic heterocycles. The molecule has 0 radical (unpaired) electrons. The molecule has 1 saturated heterocycles. The van der Waals surface area contributed by atoms with Crippen molar-refractivity contribution >= 4 is 17.2 Å². The van der Waals surface area contributed by atoms with Gasteiger partial charge in [-0.25, -0.2) is 0 Å². The van der Waals surface area contributed by atoms with E-state index in [1.807, 2.05) is 0 Å². The van der Waals surface area contributed by atoms with Crippen molar-refractivity contribution in [1.82, 2.24) is 4.90 Å². The molecule has 1 heterocycles. The summed E-state index contributed by atoms with van der Waals surface area (Å²) in [6.07, 6.45) is 2.31. The van der Waals surface area contributed by atoms with Gasteiger partial charge in [-0.3, -0.25) is 4.90 Å². The molecule has 0 bridgehead atoms. The van der Waals surface area contributed by atoms with E-state index in [1.54, 1.807) is 7.11 Å². The second-order valence-corrected chi connectivity index (χ2v) is 3.56. The molecule has 1 fully saturated rings. The van der Waals surface area contributed by atoms with Crippen LogP contribution in [0.4, 0.5) is 0 Å². The lowest BCUT2D eigenvalue weighted by atomic mass is 10.2. The van der Waals surface area contributed by atoms with Gasteiger partial charge in [-0.2, -0.15) is 0 Å². The van der Waals surface area contributed by atoms with E-state index < -0.39 is 0 Å². The van der Waals surface area contributed by atoms with Gasteiger partial charge in [0.05, 0.1) is 17.6 Å². The average molecular weight is 188 g/mol. The van der Waals surface area contributed by atoms with Crippen molar-refractivity contribution in [2.75, 3.05) is 26.8 Å². The molecule has 70 valence electrons. The Morgan fingerprint density at radius 3 is 3.08 bits per heavy atom. The maximum absolute atomic E-state index is 5.61. The Labute approximate surface area is 78.9 Å². The van der Waals surface area contributed by atoms with Crippen LogP contribution in [0.15, 0.2) is 0 Å². The fourth-order valence-corrected chi connectivity index (χ4v) is 1.89. The molecule has 1 atom stereocenters. The summed E-state index contributed by atoms with van der Waals surface area (Å²) in [6.45, 7) is 2.81. The molecular weight excluding hydrogens is 172 g/mol. The van der Waals surface area contributed by atoms with E-state index in [4.69, 9.17) is 22.7 Å². The molecule has 1 unspecified atom stereocenters. The van der Waals surface area contributed by atoms with Crippen molar-refractivity contribution in [3.05, 3.63) is 0 Å². The summed E-state index contributed by atoms with van der Waals surface area (Å²) in [4.78, 5) is 2.93. The Balaban J connectivity index is 2.35. The maximum atomic E-state index is 5.61. The van der Waals surface area contributed by atoms with Crippen molar-refractivity contribution in [1.29, 1.82) is 0 Å². The molecule has 0 aliphatic carbocycles. The number of nitrogens with two attached hydrogens (primary N) is 1. The van der Waals surface area contributed by atoms with Crippen LogP contribution in [-0.2, 0) is 4.74 Å². The van der Waals surface area contributed by atoms with E-state index in [2.05, 4.69) is 4.90 Å². The molecule has 4 heteroatoms. The summed E-state index contributed by atoms with van der Waals surface area (Å²) in [5.74, 6) is 0. The van der Waals surface area contributed by atoms with E-state index in [0.717, 1.165) is 26.1 Å². The van der Waals surface area contributed by atoms with Gasteiger partial charge < -0.3 is 10.5 Å². The van der Waals surface area contributed by atoms with Crippen LogP contribution in [0.25, 0.3) is 0 Å². The molecule has 0 aromatic heterocycles. The minimum Gasteiger partial charge on any atom is -0.392 e. The lowest BCUT2D eigenvalue weighted by Crippen LogP contribution is -2.40. The zero-order valence-electron chi connectivity index (χ0n) is 7.45. The zero-order chi connectivity index (χ0) is 8.97. The smallest absolute Gasteiger partial charge is 0.0902 e. The molecule has 0 saturated carbocycles. The fraction of sp³-hybridized carbons (Fsp3) is 0.875. The van der Waals surface area contributed by atoms with Crippen LogP contribution in [-0.4, -0.2) is 42.7 Å². The van der Waals surface area contributed by atoms with Crippen molar-refractivity contribution in [3.8, 4) is 0 Å². The van der Waals surface area contributed by atoms with Crippen LogP contribution in [0.5, 0.6) is 0 Å². The number of hydrogen-bond donors (Lipinski definition) is 1. The van der Waals surface area contributed by atoms with Gasteiger partial charge in [0.25, 0.3) is 0 Å². The summed E-state index contributed by atoms with van der Waals surface area (Å²) in [6, 6.07) is 0.315.